The van der Waals surface area contributed by atoms with Crippen molar-refractivity contribution in [2.24, 2.45) is 11.7 Å². The minimum absolute atomic E-state index is 0. The fourth-order valence-electron chi connectivity index (χ4n) is 3.69. The lowest BCUT2D eigenvalue weighted by molar-refractivity contribution is -0.146. The maximum Gasteiger partial charge on any atom is 0.308 e. The Hall–Kier alpha value is -1.63. The van der Waals surface area contributed by atoms with Gasteiger partial charge >= 0.3 is 5.97 Å². The van der Waals surface area contributed by atoms with Crippen molar-refractivity contribution in [2.75, 3.05) is 32.8 Å². The second kappa shape index (κ2) is 18.7. The summed E-state index contributed by atoms with van der Waals surface area (Å²) in [5.74, 6) is -0.109. The van der Waals surface area contributed by atoms with Gasteiger partial charge in [-0.25, -0.2) is 0 Å². The van der Waals surface area contributed by atoms with Crippen LogP contribution in [0.15, 0.2) is 60.7 Å². The Morgan fingerprint density at radius 1 is 0.971 bits per heavy atom. The van der Waals surface area contributed by atoms with E-state index in [1.165, 1.54) is 11.1 Å². The summed E-state index contributed by atoms with van der Waals surface area (Å²) >= 11 is 0. The molecule has 0 spiro atoms. The third kappa shape index (κ3) is 11.7. The topological polar surface area (TPSA) is 64.8 Å². The lowest BCUT2D eigenvalue weighted by Crippen LogP contribution is -2.38. The number of benzene rings is 2. The van der Waals surface area contributed by atoms with Gasteiger partial charge < -0.3 is 20.1 Å². The van der Waals surface area contributed by atoms with Crippen LogP contribution in [0.2, 0.25) is 0 Å². The first-order chi connectivity index (χ1) is 15.5. The summed E-state index contributed by atoms with van der Waals surface area (Å²) in [6, 6.07) is 21.1. The molecule has 192 valence electrons. The number of carbonyl (C=O) groups is 1. The molecule has 0 amide bonds. The molecule has 2 N–H and O–H groups in total. The van der Waals surface area contributed by atoms with Crippen LogP contribution in [0.3, 0.4) is 0 Å². The molecule has 0 bridgehead atoms. The Morgan fingerprint density at radius 3 is 1.85 bits per heavy atom. The molecule has 0 aliphatic carbocycles. The number of rotatable bonds is 9. The summed E-state index contributed by atoms with van der Waals surface area (Å²) in [5, 5.41) is 0. The van der Waals surface area contributed by atoms with Crippen molar-refractivity contribution >= 4 is 30.8 Å². The Labute approximate surface area is 218 Å². The van der Waals surface area contributed by atoms with Crippen LogP contribution < -0.4 is 5.73 Å². The second-order valence-corrected chi connectivity index (χ2v) is 8.43. The zero-order chi connectivity index (χ0) is 23.2. The molecule has 1 aliphatic rings. The fraction of sp³-hybridized carbons (Fsp3) is 0.519. The Balaban J connectivity index is 0.000000947. The molecule has 0 unspecified atom stereocenters. The number of piperidine rings is 1. The first-order valence-corrected chi connectivity index (χ1v) is 11.9. The predicted octanol–water partition coefficient (Wildman–Crippen LogP) is 5.65. The number of nitrogens with two attached hydrogens (primary N) is 1. The van der Waals surface area contributed by atoms with E-state index in [1.807, 2.05) is 13.8 Å². The average Bonchev–Trinajstić information content (AvgIpc) is 2.83. The summed E-state index contributed by atoms with van der Waals surface area (Å²) in [6.07, 6.45) is 3.63. The zero-order valence-electron chi connectivity index (χ0n) is 20.7. The molecular weight excluding hydrogens is 471 g/mol. The van der Waals surface area contributed by atoms with Crippen LogP contribution in [0.4, 0.5) is 0 Å². The highest BCUT2D eigenvalue weighted by Gasteiger charge is 2.24. The van der Waals surface area contributed by atoms with E-state index in [4.69, 9.17) is 10.5 Å². The van der Waals surface area contributed by atoms with Gasteiger partial charge in [0.15, 0.2) is 0 Å². The van der Waals surface area contributed by atoms with Gasteiger partial charge in [0.25, 0.3) is 0 Å². The summed E-state index contributed by atoms with van der Waals surface area (Å²) in [7, 11) is 0. The van der Waals surface area contributed by atoms with Crippen molar-refractivity contribution in [3.05, 3.63) is 71.8 Å². The molecule has 3 rings (SSSR count). The van der Waals surface area contributed by atoms with Gasteiger partial charge in [-0.3, -0.25) is 4.79 Å². The molecule has 2 aromatic carbocycles. The second-order valence-electron chi connectivity index (χ2n) is 8.43. The Morgan fingerprint density at radius 2 is 1.47 bits per heavy atom. The smallest absolute Gasteiger partial charge is 0.308 e. The normalized spacial score (nSPS) is 13.9. The van der Waals surface area contributed by atoms with E-state index in [0.29, 0.717) is 12.7 Å². The highest BCUT2D eigenvalue weighted by atomic mass is 35.5. The van der Waals surface area contributed by atoms with E-state index >= 15 is 0 Å². The quantitative estimate of drug-likeness (QED) is 0.439. The van der Waals surface area contributed by atoms with Gasteiger partial charge in [0.2, 0.25) is 0 Å². The van der Waals surface area contributed by atoms with E-state index in [-0.39, 0.29) is 42.8 Å². The maximum absolute atomic E-state index is 10.5. The largest absolute Gasteiger partial charge is 0.466 e. The highest BCUT2D eigenvalue weighted by molar-refractivity contribution is 5.85. The van der Waals surface area contributed by atoms with Crippen LogP contribution in [-0.2, 0) is 14.3 Å². The van der Waals surface area contributed by atoms with Crippen molar-refractivity contribution in [2.45, 2.75) is 52.2 Å². The Kier molecular flexibility index (Phi) is 17.8. The number of likely N-dealkylation sites (tertiary alicyclic amines) is 1. The SMILES string of the molecule is CCOC(=O)C(C)C.Cl.Cl.NCCCN1CCC(OC(c2ccccc2)c2ccccc2)CC1. The van der Waals surface area contributed by atoms with Crippen LogP contribution in [0.25, 0.3) is 0 Å². The van der Waals surface area contributed by atoms with Crippen molar-refractivity contribution < 1.29 is 14.3 Å². The number of hydrogen-bond acceptors (Lipinski definition) is 5. The molecule has 1 aliphatic heterocycles. The summed E-state index contributed by atoms with van der Waals surface area (Å²) in [6.45, 7) is 10.0. The summed E-state index contributed by atoms with van der Waals surface area (Å²) in [5.41, 5.74) is 8.08. The molecule has 2 aromatic rings. The fourth-order valence-corrected chi connectivity index (χ4v) is 3.69. The van der Waals surface area contributed by atoms with Gasteiger partial charge in [0, 0.05) is 13.1 Å². The van der Waals surface area contributed by atoms with E-state index in [1.54, 1.807) is 6.92 Å². The van der Waals surface area contributed by atoms with Crippen LogP contribution in [0, 0.1) is 5.92 Å². The molecular formula is C27H42Cl2N2O3. The van der Waals surface area contributed by atoms with Crippen LogP contribution >= 0.6 is 24.8 Å². The lowest BCUT2D eigenvalue weighted by atomic mass is 10.00. The Bertz CT molecular complexity index is 715. The van der Waals surface area contributed by atoms with Gasteiger partial charge in [-0.15, -0.1) is 24.8 Å². The molecule has 1 heterocycles. The number of halogens is 2. The molecule has 34 heavy (non-hydrogen) atoms. The third-order valence-corrected chi connectivity index (χ3v) is 5.50. The van der Waals surface area contributed by atoms with Gasteiger partial charge in [-0.1, -0.05) is 74.5 Å². The van der Waals surface area contributed by atoms with Gasteiger partial charge in [-0.2, -0.15) is 0 Å². The van der Waals surface area contributed by atoms with Gasteiger partial charge in [0.1, 0.15) is 6.10 Å². The third-order valence-electron chi connectivity index (χ3n) is 5.50. The van der Waals surface area contributed by atoms with Crippen molar-refractivity contribution in [3.63, 3.8) is 0 Å². The highest BCUT2D eigenvalue weighted by Crippen LogP contribution is 2.29. The molecule has 5 nitrogen and oxygen atoms in total. The summed E-state index contributed by atoms with van der Waals surface area (Å²) < 4.78 is 11.2. The first-order valence-electron chi connectivity index (χ1n) is 11.9. The maximum atomic E-state index is 10.5. The van der Waals surface area contributed by atoms with Crippen molar-refractivity contribution in [3.8, 4) is 0 Å². The molecule has 0 radical (unpaired) electrons. The van der Waals surface area contributed by atoms with Crippen molar-refractivity contribution in [1.82, 2.24) is 4.90 Å². The average molecular weight is 514 g/mol. The molecule has 7 heteroatoms. The number of esters is 1. The van der Waals surface area contributed by atoms with Crippen LogP contribution in [-0.4, -0.2) is 49.8 Å². The van der Waals surface area contributed by atoms with E-state index in [9.17, 15) is 4.79 Å². The zero-order valence-corrected chi connectivity index (χ0v) is 22.4. The molecule has 0 aromatic heterocycles. The number of ether oxygens (including phenoxy) is 2. The van der Waals surface area contributed by atoms with Crippen LogP contribution in [0.1, 0.15) is 57.3 Å². The minimum atomic E-state index is -0.118. The van der Waals surface area contributed by atoms with Crippen molar-refractivity contribution in [1.29, 1.82) is 0 Å². The minimum Gasteiger partial charge on any atom is -0.466 e. The van der Waals surface area contributed by atoms with Crippen LogP contribution in [0.5, 0.6) is 0 Å². The number of hydrogen-bond donors (Lipinski definition) is 1. The first kappa shape index (κ1) is 32.4. The van der Waals surface area contributed by atoms with Gasteiger partial charge in [0.05, 0.1) is 18.6 Å². The van der Waals surface area contributed by atoms with E-state index in [2.05, 4.69) is 70.3 Å². The van der Waals surface area contributed by atoms with E-state index < -0.39 is 0 Å². The standard InChI is InChI=1S/C21H28N2O.C6H12O2.2ClH/c22-14-7-15-23-16-12-20(13-17-23)24-21(18-8-3-1-4-9-18)19-10-5-2-6-11-19;1-4-8-6(7)5(2)3;;/h1-6,8-11,20-21H,7,12-17,22H2;5H,4H2,1-3H3;2*1H. The number of carbonyl (C=O) groups excluding carboxylic acids is 1. The number of nitrogens with zero attached hydrogens (tertiary/aromatic N) is 1. The van der Waals surface area contributed by atoms with Gasteiger partial charge in [-0.05, 0) is 50.4 Å². The predicted molar refractivity (Wildman–Crippen MR) is 145 cm³/mol. The lowest BCUT2D eigenvalue weighted by Gasteiger charge is -2.34. The summed E-state index contributed by atoms with van der Waals surface area (Å²) in [4.78, 5) is 13.0. The molecule has 0 atom stereocenters. The molecule has 0 saturated carbocycles. The molecule has 1 saturated heterocycles. The molecule has 1 fully saturated rings. The monoisotopic (exact) mass is 512 g/mol. The van der Waals surface area contributed by atoms with E-state index in [0.717, 1.165) is 45.4 Å².